The molecule has 1 N–H and O–H groups in total. The van der Waals surface area contributed by atoms with E-state index in [1.807, 2.05) is 29.2 Å². The number of fused-ring (bicyclic) bond motifs is 1. The van der Waals surface area contributed by atoms with Crippen LogP contribution in [0.2, 0.25) is 0 Å². The van der Waals surface area contributed by atoms with E-state index in [1.54, 1.807) is 7.11 Å². The number of hydrogen-bond acceptors (Lipinski definition) is 3. The molecule has 2 aliphatic rings. The standard InChI is InChI=1S/C22H29N3O2/c1-14(2)13-18-19-20(24-23-18)22(26)25(16-9-11-17(27-3)12-10-16)21(19)15-7-5-4-6-8-15/h9-12,14-15,21H,4-8,13H2,1-3H3,(H,23,24). The van der Waals surface area contributed by atoms with Crippen LogP contribution in [0.5, 0.6) is 5.75 Å². The van der Waals surface area contributed by atoms with E-state index in [1.165, 1.54) is 32.1 Å². The Labute approximate surface area is 161 Å². The van der Waals surface area contributed by atoms with Gasteiger partial charge in [0.1, 0.15) is 5.75 Å². The number of carbonyl (C=O) groups is 1. The Balaban J connectivity index is 1.77. The number of rotatable bonds is 5. The first-order chi connectivity index (χ1) is 13.1. The molecular weight excluding hydrogens is 338 g/mol. The van der Waals surface area contributed by atoms with Gasteiger partial charge in [-0.25, -0.2) is 0 Å². The number of nitrogens with zero attached hydrogens (tertiary/aromatic N) is 2. The number of aromatic amines is 1. The highest BCUT2D eigenvalue weighted by Crippen LogP contribution is 2.47. The molecule has 4 rings (SSSR count). The van der Waals surface area contributed by atoms with Crippen LogP contribution in [0.4, 0.5) is 5.69 Å². The van der Waals surface area contributed by atoms with Crippen LogP contribution >= 0.6 is 0 Å². The summed E-state index contributed by atoms with van der Waals surface area (Å²) in [5, 5.41) is 7.62. The number of ether oxygens (including phenoxy) is 1. The lowest BCUT2D eigenvalue weighted by molar-refractivity contribution is 0.0977. The highest BCUT2D eigenvalue weighted by Gasteiger charge is 2.45. The topological polar surface area (TPSA) is 58.2 Å². The Kier molecular flexibility index (Phi) is 4.94. The Morgan fingerprint density at radius 3 is 2.52 bits per heavy atom. The number of aromatic nitrogens is 2. The Morgan fingerprint density at radius 1 is 1.19 bits per heavy atom. The molecule has 1 aliphatic carbocycles. The molecule has 0 bridgehead atoms. The van der Waals surface area contributed by atoms with Crippen molar-refractivity contribution in [2.75, 3.05) is 12.0 Å². The van der Waals surface area contributed by atoms with E-state index in [0.717, 1.165) is 29.1 Å². The molecule has 1 atom stereocenters. The molecule has 1 saturated carbocycles. The minimum Gasteiger partial charge on any atom is -0.497 e. The number of nitrogens with one attached hydrogen (secondary N) is 1. The van der Waals surface area contributed by atoms with E-state index < -0.39 is 0 Å². The van der Waals surface area contributed by atoms with Gasteiger partial charge in [-0.1, -0.05) is 33.1 Å². The van der Waals surface area contributed by atoms with Gasteiger partial charge in [0.05, 0.1) is 13.2 Å². The average Bonchev–Trinajstić information content (AvgIpc) is 3.21. The highest BCUT2D eigenvalue weighted by atomic mass is 16.5. The zero-order chi connectivity index (χ0) is 19.0. The summed E-state index contributed by atoms with van der Waals surface area (Å²) in [6, 6.07) is 7.93. The monoisotopic (exact) mass is 367 g/mol. The first kappa shape index (κ1) is 18.1. The Hall–Kier alpha value is -2.30. The largest absolute Gasteiger partial charge is 0.497 e. The Morgan fingerprint density at radius 2 is 1.89 bits per heavy atom. The van der Waals surface area contributed by atoms with Crippen LogP contribution in [0, 0.1) is 11.8 Å². The zero-order valence-corrected chi connectivity index (χ0v) is 16.5. The van der Waals surface area contributed by atoms with Crippen molar-refractivity contribution in [2.24, 2.45) is 11.8 Å². The summed E-state index contributed by atoms with van der Waals surface area (Å²) < 4.78 is 5.29. The number of anilines is 1. The molecule has 2 aromatic rings. The second-order valence-electron chi connectivity index (χ2n) is 8.28. The summed E-state index contributed by atoms with van der Waals surface area (Å²) >= 11 is 0. The van der Waals surface area contributed by atoms with Crippen LogP contribution in [0.3, 0.4) is 0 Å². The fourth-order valence-electron chi connectivity index (χ4n) is 4.72. The summed E-state index contributed by atoms with van der Waals surface area (Å²) in [7, 11) is 1.66. The maximum absolute atomic E-state index is 13.3. The molecule has 0 saturated heterocycles. The molecule has 0 spiro atoms. The molecule has 5 nitrogen and oxygen atoms in total. The molecule has 1 aromatic carbocycles. The minimum absolute atomic E-state index is 0.0250. The van der Waals surface area contributed by atoms with Gasteiger partial charge in [0.25, 0.3) is 5.91 Å². The summed E-state index contributed by atoms with van der Waals surface area (Å²) in [6.45, 7) is 4.42. The molecule has 27 heavy (non-hydrogen) atoms. The SMILES string of the molecule is COc1ccc(N2C(=O)c3n[nH]c(CC(C)C)c3C2C2CCCCC2)cc1. The van der Waals surface area contributed by atoms with Gasteiger partial charge in [0.2, 0.25) is 0 Å². The molecule has 0 radical (unpaired) electrons. The number of H-pyrrole nitrogens is 1. The second-order valence-corrected chi connectivity index (χ2v) is 8.28. The summed E-state index contributed by atoms with van der Waals surface area (Å²) in [4.78, 5) is 15.3. The van der Waals surface area contributed by atoms with E-state index >= 15 is 0 Å². The van der Waals surface area contributed by atoms with Crippen LogP contribution in [-0.2, 0) is 6.42 Å². The first-order valence-electron chi connectivity index (χ1n) is 10.1. The number of methoxy groups -OCH3 is 1. The zero-order valence-electron chi connectivity index (χ0n) is 16.5. The number of amides is 1. The molecule has 5 heteroatoms. The third kappa shape index (κ3) is 3.24. The van der Waals surface area contributed by atoms with E-state index in [0.29, 0.717) is 17.5 Å². The van der Waals surface area contributed by atoms with Gasteiger partial charge in [0, 0.05) is 16.9 Å². The lowest BCUT2D eigenvalue weighted by Gasteiger charge is -2.35. The smallest absolute Gasteiger partial charge is 0.279 e. The van der Waals surface area contributed by atoms with Crippen molar-refractivity contribution in [1.29, 1.82) is 0 Å². The fraction of sp³-hybridized carbons (Fsp3) is 0.545. The van der Waals surface area contributed by atoms with Gasteiger partial charge in [0.15, 0.2) is 5.69 Å². The molecule has 1 aromatic heterocycles. The van der Waals surface area contributed by atoms with E-state index in [4.69, 9.17) is 4.74 Å². The van der Waals surface area contributed by atoms with Crippen LogP contribution in [0.15, 0.2) is 24.3 Å². The quantitative estimate of drug-likeness (QED) is 0.818. The van der Waals surface area contributed by atoms with Crippen LogP contribution in [-0.4, -0.2) is 23.2 Å². The highest BCUT2D eigenvalue weighted by molar-refractivity contribution is 6.10. The summed E-state index contributed by atoms with van der Waals surface area (Å²) in [6.07, 6.45) is 7.08. The van der Waals surface area contributed by atoms with E-state index in [-0.39, 0.29) is 11.9 Å². The van der Waals surface area contributed by atoms with Crippen LogP contribution in [0.25, 0.3) is 0 Å². The van der Waals surface area contributed by atoms with Gasteiger partial charge in [-0.05, 0) is 55.4 Å². The molecular formula is C22H29N3O2. The lowest BCUT2D eigenvalue weighted by Crippen LogP contribution is -2.34. The predicted octanol–water partition coefficient (Wildman–Crippen LogP) is 4.90. The first-order valence-corrected chi connectivity index (χ1v) is 10.1. The molecule has 2 heterocycles. The van der Waals surface area contributed by atoms with Crippen molar-refractivity contribution in [3.8, 4) is 5.75 Å². The lowest BCUT2D eigenvalue weighted by atomic mass is 9.80. The van der Waals surface area contributed by atoms with Crippen molar-refractivity contribution in [3.05, 3.63) is 41.2 Å². The third-order valence-electron chi connectivity index (χ3n) is 5.94. The van der Waals surface area contributed by atoms with Crippen molar-refractivity contribution >= 4 is 11.6 Å². The van der Waals surface area contributed by atoms with Crippen molar-refractivity contribution in [3.63, 3.8) is 0 Å². The maximum Gasteiger partial charge on any atom is 0.279 e. The van der Waals surface area contributed by atoms with Crippen molar-refractivity contribution in [1.82, 2.24) is 10.2 Å². The molecule has 1 amide bonds. The molecule has 1 unspecified atom stereocenters. The number of benzene rings is 1. The van der Waals surface area contributed by atoms with Crippen LogP contribution < -0.4 is 9.64 Å². The Bertz CT molecular complexity index is 803. The summed E-state index contributed by atoms with van der Waals surface area (Å²) in [5.41, 5.74) is 3.85. The molecule has 1 fully saturated rings. The van der Waals surface area contributed by atoms with Gasteiger partial charge < -0.3 is 4.74 Å². The molecule has 144 valence electrons. The third-order valence-corrected chi connectivity index (χ3v) is 5.94. The normalized spacial score (nSPS) is 20.4. The maximum atomic E-state index is 13.3. The van der Waals surface area contributed by atoms with Gasteiger partial charge >= 0.3 is 0 Å². The number of hydrogen-bond donors (Lipinski definition) is 1. The van der Waals surface area contributed by atoms with Crippen molar-refractivity contribution < 1.29 is 9.53 Å². The average molecular weight is 367 g/mol. The van der Waals surface area contributed by atoms with Gasteiger partial charge in [-0.15, -0.1) is 0 Å². The van der Waals surface area contributed by atoms with Crippen LogP contribution in [0.1, 0.15) is 73.7 Å². The van der Waals surface area contributed by atoms with Gasteiger partial charge in [-0.3, -0.25) is 14.8 Å². The summed E-state index contributed by atoms with van der Waals surface area (Å²) in [5.74, 6) is 1.84. The van der Waals surface area contributed by atoms with Gasteiger partial charge in [-0.2, -0.15) is 5.10 Å². The minimum atomic E-state index is 0.0250. The molecule has 1 aliphatic heterocycles. The van der Waals surface area contributed by atoms with Crippen molar-refractivity contribution in [2.45, 2.75) is 58.4 Å². The fourth-order valence-corrected chi connectivity index (χ4v) is 4.72. The second kappa shape index (κ2) is 7.37. The predicted molar refractivity (Wildman–Crippen MR) is 106 cm³/mol. The van der Waals surface area contributed by atoms with E-state index in [2.05, 4.69) is 24.0 Å². The number of carbonyl (C=O) groups excluding carboxylic acids is 1. The van der Waals surface area contributed by atoms with E-state index in [9.17, 15) is 4.79 Å².